The molecule has 2 N–H and O–H groups in total. The smallest absolute Gasteiger partial charge is 0.317 e. The number of aliphatic hydroxyl groups is 1. The van der Waals surface area contributed by atoms with Crippen molar-refractivity contribution in [3.63, 3.8) is 0 Å². The van der Waals surface area contributed by atoms with Gasteiger partial charge in [0.25, 0.3) is 0 Å². The number of carbonyl (C=O) groups excluding carboxylic acids is 1. The van der Waals surface area contributed by atoms with Crippen LogP contribution in [0.15, 0.2) is 30.3 Å². The lowest BCUT2D eigenvalue weighted by molar-refractivity contribution is -0.183. The first-order valence-corrected chi connectivity index (χ1v) is 11.7. The molecule has 0 aromatic heterocycles. The van der Waals surface area contributed by atoms with E-state index in [0.717, 1.165) is 38.4 Å². The van der Waals surface area contributed by atoms with Crippen LogP contribution in [0.25, 0.3) is 0 Å². The van der Waals surface area contributed by atoms with Gasteiger partial charge in [-0.25, -0.2) is 4.79 Å². The predicted octanol–water partition coefficient (Wildman–Crippen LogP) is 3.34. The molecule has 2 aliphatic heterocycles. The maximum absolute atomic E-state index is 12.8. The summed E-state index contributed by atoms with van der Waals surface area (Å²) < 4.78 is 0. The number of likely N-dealkylation sites (tertiary alicyclic amines) is 2. The molecule has 0 unspecified atom stereocenters. The minimum Gasteiger partial charge on any atom is -0.395 e. The lowest BCUT2D eigenvalue weighted by Crippen LogP contribution is -2.85. The second-order valence-corrected chi connectivity index (χ2v) is 9.83. The Bertz CT molecular complexity index is 706. The highest BCUT2D eigenvalue weighted by Gasteiger charge is 2.66. The van der Waals surface area contributed by atoms with E-state index in [2.05, 4.69) is 40.5 Å². The molecule has 2 heterocycles. The van der Waals surface area contributed by atoms with Crippen molar-refractivity contribution in [2.24, 2.45) is 5.92 Å². The molecular formula is C24H35N3O2. The molecule has 5 rings (SSSR count). The van der Waals surface area contributed by atoms with E-state index >= 15 is 0 Å². The predicted molar refractivity (Wildman–Crippen MR) is 114 cm³/mol. The summed E-state index contributed by atoms with van der Waals surface area (Å²) in [6.45, 7) is 2.84. The van der Waals surface area contributed by atoms with Crippen molar-refractivity contribution in [3.8, 4) is 0 Å². The number of amides is 2. The summed E-state index contributed by atoms with van der Waals surface area (Å²) >= 11 is 0. The lowest BCUT2D eigenvalue weighted by Gasteiger charge is -2.71. The zero-order chi connectivity index (χ0) is 19.8. The maximum atomic E-state index is 12.8. The Kier molecular flexibility index (Phi) is 5.29. The monoisotopic (exact) mass is 397 g/mol. The summed E-state index contributed by atoms with van der Waals surface area (Å²) in [5.74, 6) is 1.06. The van der Waals surface area contributed by atoms with Crippen LogP contribution < -0.4 is 5.32 Å². The summed E-state index contributed by atoms with van der Waals surface area (Å²) in [4.78, 5) is 17.4. The van der Waals surface area contributed by atoms with Crippen molar-refractivity contribution in [1.82, 2.24) is 15.1 Å². The van der Waals surface area contributed by atoms with Crippen molar-refractivity contribution < 1.29 is 9.90 Å². The zero-order valence-corrected chi connectivity index (χ0v) is 17.4. The number of carbonyl (C=O) groups is 1. The molecule has 4 aliphatic rings. The highest BCUT2D eigenvalue weighted by Crippen LogP contribution is 2.54. The van der Waals surface area contributed by atoms with Crippen LogP contribution in [0.4, 0.5) is 4.79 Å². The van der Waals surface area contributed by atoms with Gasteiger partial charge in [0.05, 0.1) is 12.1 Å². The number of aliphatic hydroxyl groups excluding tert-OH is 1. The van der Waals surface area contributed by atoms with Crippen LogP contribution in [0.1, 0.15) is 62.8 Å². The molecular weight excluding hydrogens is 362 g/mol. The van der Waals surface area contributed by atoms with E-state index in [9.17, 15) is 9.90 Å². The average Bonchev–Trinajstić information content (AvgIpc) is 3.39. The quantitative estimate of drug-likeness (QED) is 0.801. The van der Waals surface area contributed by atoms with Gasteiger partial charge in [-0.3, -0.25) is 4.90 Å². The van der Waals surface area contributed by atoms with Crippen molar-refractivity contribution in [2.75, 3.05) is 26.2 Å². The molecule has 5 nitrogen and oxygen atoms in total. The third-order valence-corrected chi connectivity index (χ3v) is 8.11. The van der Waals surface area contributed by atoms with Crippen molar-refractivity contribution in [2.45, 2.75) is 74.9 Å². The van der Waals surface area contributed by atoms with Crippen molar-refractivity contribution in [1.29, 1.82) is 0 Å². The van der Waals surface area contributed by atoms with E-state index in [1.54, 1.807) is 0 Å². The fourth-order valence-corrected chi connectivity index (χ4v) is 6.62. The average molecular weight is 398 g/mol. The van der Waals surface area contributed by atoms with Gasteiger partial charge in [-0.1, -0.05) is 56.0 Å². The second kappa shape index (κ2) is 7.92. The van der Waals surface area contributed by atoms with Gasteiger partial charge in [-0.05, 0) is 37.2 Å². The molecule has 2 saturated carbocycles. The van der Waals surface area contributed by atoms with Crippen LogP contribution in [-0.4, -0.2) is 64.8 Å². The molecule has 1 aromatic rings. The number of hydrogen-bond donors (Lipinski definition) is 2. The summed E-state index contributed by atoms with van der Waals surface area (Å²) in [5, 5.41) is 13.5. The van der Waals surface area contributed by atoms with Crippen LogP contribution in [0.5, 0.6) is 0 Å². The van der Waals surface area contributed by atoms with Gasteiger partial charge in [0.1, 0.15) is 0 Å². The Morgan fingerprint density at radius 2 is 1.69 bits per heavy atom. The Hall–Kier alpha value is -1.59. The first-order valence-electron chi connectivity index (χ1n) is 11.7. The van der Waals surface area contributed by atoms with E-state index < -0.39 is 0 Å². The second-order valence-electron chi connectivity index (χ2n) is 9.83. The number of hydrogen-bond acceptors (Lipinski definition) is 3. The third-order valence-electron chi connectivity index (χ3n) is 8.11. The van der Waals surface area contributed by atoms with Crippen LogP contribution >= 0.6 is 0 Å². The van der Waals surface area contributed by atoms with E-state index in [0.29, 0.717) is 12.0 Å². The Labute approximate surface area is 174 Å². The van der Waals surface area contributed by atoms with E-state index in [-0.39, 0.29) is 24.2 Å². The molecule has 2 atom stereocenters. The number of urea groups is 1. The topological polar surface area (TPSA) is 55.8 Å². The molecule has 2 saturated heterocycles. The summed E-state index contributed by atoms with van der Waals surface area (Å²) in [7, 11) is 0. The molecule has 0 bridgehead atoms. The summed E-state index contributed by atoms with van der Waals surface area (Å²) in [6.07, 6.45) is 10.0. The molecule has 2 aliphatic carbocycles. The van der Waals surface area contributed by atoms with Gasteiger partial charge in [-0.2, -0.15) is 0 Å². The number of nitrogens with zero attached hydrogens (tertiary/aromatic N) is 2. The fourth-order valence-electron chi connectivity index (χ4n) is 6.62. The van der Waals surface area contributed by atoms with Gasteiger partial charge in [0.15, 0.2) is 0 Å². The first-order chi connectivity index (χ1) is 14.2. The van der Waals surface area contributed by atoms with Gasteiger partial charge in [0, 0.05) is 37.6 Å². The van der Waals surface area contributed by atoms with E-state index in [1.807, 2.05) is 4.90 Å². The van der Waals surface area contributed by atoms with Crippen LogP contribution in [0, 0.1) is 5.92 Å². The largest absolute Gasteiger partial charge is 0.395 e. The third kappa shape index (κ3) is 3.36. The molecule has 4 fully saturated rings. The molecule has 5 heteroatoms. The minimum atomic E-state index is 0.00432. The number of nitrogens with one attached hydrogen (secondary N) is 1. The number of benzene rings is 1. The van der Waals surface area contributed by atoms with Gasteiger partial charge in [-0.15, -0.1) is 0 Å². The molecule has 1 aromatic carbocycles. The highest BCUT2D eigenvalue weighted by atomic mass is 16.3. The van der Waals surface area contributed by atoms with Crippen LogP contribution in [-0.2, 0) is 0 Å². The Morgan fingerprint density at radius 1 is 1.03 bits per heavy atom. The normalized spacial score (nSPS) is 29.8. The van der Waals surface area contributed by atoms with Gasteiger partial charge in [0.2, 0.25) is 0 Å². The molecule has 2 amide bonds. The van der Waals surface area contributed by atoms with Crippen LogP contribution in [0.2, 0.25) is 0 Å². The summed E-state index contributed by atoms with van der Waals surface area (Å²) in [6, 6.07) is 11.3. The fraction of sp³-hybridized carbons (Fsp3) is 0.708. The van der Waals surface area contributed by atoms with Gasteiger partial charge >= 0.3 is 6.03 Å². The van der Waals surface area contributed by atoms with E-state index in [4.69, 9.17) is 0 Å². The molecule has 0 radical (unpaired) electrons. The van der Waals surface area contributed by atoms with E-state index in [1.165, 1.54) is 44.1 Å². The summed E-state index contributed by atoms with van der Waals surface area (Å²) in [5.41, 5.74) is 1.31. The lowest BCUT2D eigenvalue weighted by atomic mass is 9.60. The molecule has 158 valence electrons. The number of rotatable bonds is 5. The van der Waals surface area contributed by atoms with Crippen LogP contribution in [0.3, 0.4) is 0 Å². The van der Waals surface area contributed by atoms with Crippen molar-refractivity contribution in [3.05, 3.63) is 35.9 Å². The first kappa shape index (κ1) is 19.4. The molecule has 1 spiro atoms. The SMILES string of the molecule is O=C(NC1CCCC1)N1CC2(C1)[C@H](c1ccccc1)[C@H](CO)N2CC1CCCC1. The minimum absolute atomic E-state index is 0.00432. The highest BCUT2D eigenvalue weighted by molar-refractivity contribution is 5.76. The van der Waals surface area contributed by atoms with Crippen molar-refractivity contribution >= 4 is 6.03 Å². The standard InChI is InChI=1S/C24H35N3O2/c28-15-21-22(19-10-2-1-3-11-19)24(27(21)14-18-8-4-5-9-18)16-26(17-24)23(29)25-20-12-6-7-13-20/h1-3,10-11,18,20-22,28H,4-9,12-17H2,(H,25,29)/t21-,22+/m0/s1. The molecule has 29 heavy (non-hydrogen) atoms. The van der Waals surface area contributed by atoms with Gasteiger partial charge < -0.3 is 15.3 Å². The Balaban J connectivity index is 1.32. The Morgan fingerprint density at radius 3 is 2.34 bits per heavy atom. The maximum Gasteiger partial charge on any atom is 0.317 e. The zero-order valence-electron chi connectivity index (χ0n) is 17.4.